The highest BCUT2D eigenvalue weighted by Gasteiger charge is 2.23. The monoisotopic (exact) mass is 229 g/mol. The van der Waals surface area contributed by atoms with Crippen molar-refractivity contribution in [3.63, 3.8) is 0 Å². The van der Waals surface area contributed by atoms with Gasteiger partial charge in [-0.25, -0.2) is 0 Å². The molecule has 0 amide bonds. The van der Waals surface area contributed by atoms with Crippen LogP contribution in [0.15, 0.2) is 41.1 Å². The topological polar surface area (TPSA) is 43.1 Å². The normalized spacial score (nSPS) is 11.5. The van der Waals surface area contributed by atoms with E-state index < -0.39 is 0 Å². The quantitative estimate of drug-likeness (QED) is 0.739. The Morgan fingerprint density at radius 1 is 1.24 bits per heavy atom. The van der Waals surface area contributed by atoms with Crippen LogP contribution in [-0.2, 0) is 0 Å². The highest BCUT2D eigenvalue weighted by Crippen LogP contribution is 2.22. The summed E-state index contributed by atoms with van der Waals surface area (Å²) in [5.74, 6) is 0.802. The highest BCUT2D eigenvalue weighted by atomic mass is 16.3. The van der Waals surface area contributed by atoms with Crippen LogP contribution < -0.4 is 0 Å². The molecule has 88 valence electrons. The minimum Gasteiger partial charge on any atom is -0.463 e. The van der Waals surface area contributed by atoms with E-state index in [9.17, 15) is 4.79 Å². The Morgan fingerprint density at radius 3 is 2.47 bits per heavy atom. The maximum absolute atomic E-state index is 12.0. The van der Waals surface area contributed by atoms with Gasteiger partial charge in [0.2, 0.25) is 0 Å². The van der Waals surface area contributed by atoms with Gasteiger partial charge in [0, 0.05) is 17.2 Å². The summed E-state index contributed by atoms with van der Waals surface area (Å²) in [5, 5.41) is 0. The standard InChI is InChI=1S/C14H15NO2/c1-14(2,3)13(16)10-6-7-11(15-9-10)12-5-4-8-17-12/h4-9H,1-3H3. The number of carbonyl (C=O) groups is 1. The molecule has 0 saturated carbocycles. The average molecular weight is 229 g/mol. The summed E-state index contributed by atoms with van der Waals surface area (Å²) in [5.41, 5.74) is 0.988. The van der Waals surface area contributed by atoms with E-state index in [2.05, 4.69) is 4.98 Å². The fourth-order valence-electron chi connectivity index (χ4n) is 1.53. The summed E-state index contributed by atoms with van der Waals surface area (Å²) >= 11 is 0. The first-order chi connectivity index (χ1) is 7.98. The third-order valence-electron chi connectivity index (χ3n) is 2.48. The van der Waals surface area contributed by atoms with Gasteiger partial charge in [-0.2, -0.15) is 0 Å². The first-order valence-electron chi connectivity index (χ1n) is 5.53. The van der Waals surface area contributed by atoms with Crippen molar-refractivity contribution >= 4 is 5.78 Å². The Labute approximate surface area is 100 Å². The summed E-state index contributed by atoms with van der Waals surface area (Å²) in [7, 11) is 0. The fourth-order valence-corrected chi connectivity index (χ4v) is 1.53. The van der Waals surface area contributed by atoms with Crippen LogP contribution in [0.2, 0.25) is 0 Å². The predicted molar refractivity (Wildman–Crippen MR) is 65.7 cm³/mol. The molecule has 0 aliphatic rings. The molecule has 2 aromatic heterocycles. The van der Waals surface area contributed by atoms with E-state index in [0.29, 0.717) is 11.3 Å². The summed E-state index contributed by atoms with van der Waals surface area (Å²) in [4.78, 5) is 16.2. The van der Waals surface area contributed by atoms with Gasteiger partial charge in [-0.1, -0.05) is 20.8 Å². The van der Waals surface area contributed by atoms with Gasteiger partial charge < -0.3 is 4.42 Å². The Kier molecular flexibility index (Phi) is 2.84. The average Bonchev–Trinajstić information content (AvgIpc) is 2.80. The van der Waals surface area contributed by atoms with Gasteiger partial charge in [0.05, 0.1) is 6.26 Å². The zero-order valence-electron chi connectivity index (χ0n) is 10.2. The predicted octanol–water partition coefficient (Wildman–Crippen LogP) is 3.57. The van der Waals surface area contributed by atoms with E-state index in [1.54, 1.807) is 24.6 Å². The SMILES string of the molecule is CC(C)(C)C(=O)c1ccc(-c2ccco2)nc1. The van der Waals surface area contributed by atoms with Crippen LogP contribution in [0.1, 0.15) is 31.1 Å². The molecule has 0 aliphatic heterocycles. The molecule has 0 aromatic carbocycles. The van der Waals surface area contributed by atoms with Crippen LogP contribution in [0, 0.1) is 5.41 Å². The molecule has 0 atom stereocenters. The smallest absolute Gasteiger partial charge is 0.169 e. The van der Waals surface area contributed by atoms with Gasteiger partial charge >= 0.3 is 0 Å². The third kappa shape index (κ3) is 2.44. The molecule has 3 heteroatoms. The van der Waals surface area contributed by atoms with Crippen molar-refractivity contribution in [1.82, 2.24) is 4.98 Å². The van der Waals surface area contributed by atoms with Crippen molar-refractivity contribution in [1.29, 1.82) is 0 Å². The second-order valence-corrected chi connectivity index (χ2v) is 4.99. The number of pyridine rings is 1. The largest absolute Gasteiger partial charge is 0.463 e. The van der Waals surface area contributed by atoms with Gasteiger partial charge in [0.15, 0.2) is 11.5 Å². The zero-order chi connectivity index (χ0) is 12.5. The maximum Gasteiger partial charge on any atom is 0.169 e. The lowest BCUT2D eigenvalue weighted by atomic mass is 9.87. The molecular weight excluding hydrogens is 214 g/mol. The number of rotatable bonds is 2. The maximum atomic E-state index is 12.0. The zero-order valence-corrected chi connectivity index (χ0v) is 10.2. The summed E-state index contributed by atoms with van der Waals surface area (Å²) < 4.78 is 5.24. The van der Waals surface area contributed by atoms with E-state index in [4.69, 9.17) is 4.42 Å². The van der Waals surface area contributed by atoms with E-state index in [1.165, 1.54) is 0 Å². The van der Waals surface area contributed by atoms with Crippen molar-refractivity contribution < 1.29 is 9.21 Å². The third-order valence-corrected chi connectivity index (χ3v) is 2.48. The second-order valence-electron chi connectivity index (χ2n) is 4.99. The Balaban J connectivity index is 2.28. The van der Waals surface area contributed by atoms with Crippen LogP contribution in [-0.4, -0.2) is 10.8 Å². The van der Waals surface area contributed by atoms with Crippen LogP contribution in [0.4, 0.5) is 0 Å². The number of carbonyl (C=O) groups excluding carboxylic acids is 1. The first-order valence-corrected chi connectivity index (χ1v) is 5.53. The summed E-state index contributed by atoms with van der Waals surface area (Å²) in [6, 6.07) is 7.25. The fraction of sp³-hybridized carbons (Fsp3) is 0.286. The van der Waals surface area contributed by atoms with E-state index >= 15 is 0 Å². The lowest BCUT2D eigenvalue weighted by Gasteiger charge is -2.16. The van der Waals surface area contributed by atoms with Crippen molar-refractivity contribution in [2.24, 2.45) is 5.41 Å². The molecule has 0 aliphatic carbocycles. The van der Waals surface area contributed by atoms with E-state index in [0.717, 1.165) is 5.69 Å². The van der Waals surface area contributed by atoms with Crippen LogP contribution in [0.3, 0.4) is 0 Å². The first kappa shape index (κ1) is 11.6. The molecule has 2 aromatic rings. The van der Waals surface area contributed by atoms with Gasteiger partial charge in [-0.05, 0) is 24.3 Å². The minimum absolute atomic E-state index is 0.0935. The van der Waals surface area contributed by atoms with Crippen LogP contribution in [0.25, 0.3) is 11.5 Å². The number of nitrogens with zero attached hydrogens (tertiary/aromatic N) is 1. The molecule has 0 radical (unpaired) electrons. The summed E-state index contributed by atoms with van der Waals surface area (Å²) in [6.07, 6.45) is 3.21. The Bertz CT molecular complexity index is 504. The highest BCUT2D eigenvalue weighted by molar-refractivity contribution is 5.99. The van der Waals surface area contributed by atoms with Crippen LogP contribution >= 0.6 is 0 Å². The Morgan fingerprint density at radius 2 is 2.00 bits per heavy atom. The van der Waals surface area contributed by atoms with E-state index in [-0.39, 0.29) is 11.2 Å². The van der Waals surface area contributed by atoms with Crippen molar-refractivity contribution in [3.8, 4) is 11.5 Å². The van der Waals surface area contributed by atoms with Crippen molar-refractivity contribution in [2.75, 3.05) is 0 Å². The molecule has 2 rings (SSSR count). The molecule has 0 bridgehead atoms. The summed E-state index contributed by atoms with van der Waals surface area (Å²) in [6.45, 7) is 5.70. The van der Waals surface area contributed by atoms with Crippen LogP contribution in [0.5, 0.6) is 0 Å². The molecule has 0 saturated heterocycles. The minimum atomic E-state index is -0.381. The van der Waals surface area contributed by atoms with Gasteiger partial charge in [-0.15, -0.1) is 0 Å². The Hall–Kier alpha value is -1.90. The van der Waals surface area contributed by atoms with Gasteiger partial charge in [0.1, 0.15) is 5.69 Å². The number of hydrogen-bond acceptors (Lipinski definition) is 3. The number of Topliss-reactive ketones (excluding diaryl/α,β-unsaturated/α-hetero) is 1. The number of furan rings is 1. The van der Waals surface area contributed by atoms with Crippen molar-refractivity contribution in [2.45, 2.75) is 20.8 Å². The molecule has 2 heterocycles. The van der Waals surface area contributed by atoms with Crippen molar-refractivity contribution in [3.05, 3.63) is 42.3 Å². The lowest BCUT2D eigenvalue weighted by molar-refractivity contribution is 0.0858. The number of hydrogen-bond donors (Lipinski definition) is 0. The van der Waals surface area contributed by atoms with Gasteiger partial charge in [0.25, 0.3) is 0 Å². The molecular formula is C14H15NO2. The van der Waals surface area contributed by atoms with E-state index in [1.807, 2.05) is 32.9 Å². The molecule has 17 heavy (non-hydrogen) atoms. The number of ketones is 1. The molecule has 0 unspecified atom stereocenters. The van der Waals surface area contributed by atoms with Gasteiger partial charge in [-0.3, -0.25) is 9.78 Å². The second kappa shape index (κ2) is 4.17. The molecule has 0 N–H and O–H groups in total. The lowest BCUT2D eigenvalue weighted by Crippen LogP contribution is -2.20. The number of aromatic nitrogens is 1. The molecule has 0 fully saturated rings. The molecule has 0 spiro atoms. The molecule has 3 nitrogen and oxygen atoms in total.